The van der Waals surface area contributed by atoms with E-state index in [1.807, 2.05) is 11.3 Å². The van der Waals surface area contributed by atoms with Crippen LogP contribution < -0.4 is 5.48 Å². The summed E-state index contributed by atoms with van der Waals surface area (Å²) in [4.78, 5) is 2.79. The van der Waals surface area contributed by atoms with Crippen molar-refractivity contribution in [2.75, 3.05) is 0 Å². The molecule has 1 aromatic heterocycles. The van der Waals surface area contributed by atoms with Gasteiger partial charge < -0.3 is 5.21 Å². The predicted molar refractivity (Wildman–Crippen MR) is 67.9 cm³/mol. The van der Waals surface area contributed by atoms with Gasteiger partial charge in [0.1, 0.15) is 0 Å². The van der Waals surface area contributed by atoms with Gasteiger partial charge in [-0.2, -0.15) is 0 Å². The monoisotopic (exact) mass is 239 g/mol. The van der Waals surface area contributed by atoms with E-state index in [0.29, 0.717) is 12.0 Å². The van der Waals surface area contributed by atoms with Crippen molar-refractivity contribution in [2.24, 2.45) is 11.3 Å². The maximum absolute atomic E-state index is 8.72. The highest BCUT2D eigenvalue weighted by molar-refractivity contribution is 7.12. The number of fused-ring (bicyclic) bond motifs is 1. The Balaban J connectivity index is 2.14. The van der Waals surface area contributed by atoms with Crippen molar-refractivity contribution in [3.63, 3.8) is 0 Å². The molecule has 1 atom stereocenters. The van der Waals surface area contributed by atoms with Gasteiger partial charge in [-0.15, -0.1) is 11.3 Å². The Morgan fingerprint density at radius 1 is 1.50 bits per heavy atom. The summed E-state index contributed by atoms with van der Waals surface area (Å²) >= 11 is 1.85. The predicted octanol–water partition coefficient (Wildman–Crippen LogP) is 3.38. The zero-order valence-corrected chi connectivity index (χ0v) is 11.2. The first-order valence-corrected chi connectivity index (χ1v) is 6.80. The largest absolute Gasteiger partial charge is 0.316 e. The molecule has 2 rings (SSSR count). The minimum Gasteiger partial charge on any atom is -0.316 e. The minimum absolute atomic E-state index is 0.412. The van der Waals surface area contributed by atoms with Crippen LogP contribution in [0.25, 0.3) is 0 Å². The molecular formula is C13H21NOS. The first-order chi connectivity index (χ1) is 7.50. The fourth-order valence-electron chi connectivity index (χ4n) is 2.49. The van der Waals surface area contributed by atoms with Gasteiger partial charge >= 0.3 is 0 Å². The smallest absolute Gasteiger partial charge is 0.0552 e. The molecule has 3 heteroatoms. The average molecular weight is 239 g/mol. The molecule has 0 radical (unpaired) electrons. The molecule has 1 unspecified atom stereocenters. The molecule has 1 aliphatic rings. The Morgan fingerprint density at radius 2 is 2.25 bits per heavy atom. The molecule has 0 fully saturated rings. The van der Waals surface area contributed by atoms with Crippen LogP contribution in [0.3, 0.4) is 0 Å². The molecule has 0 aliphatic heterocycles. The van der Waals surface area contributed by atoms with E-state index in [1.54, 1.807) is 0 Å². The summed E-state index contributed by atoms with van der Waals surface area (Å²) < 4.78 is 0. The highest BCUT2D eigenvalue weighted by Crippen LogP contribution is 2.39. The van der Waals surface area contributed by atoms with Crippen LogP contribution in [-0.4, -0.2) is 5.21 Å². The fraction of sp³-hybridized carbons (Fsp3) is 0.692. The third kappa shape index (κ3) is 2.47. The number of rotatable bonds is 2. The topological polar surface area (TPSA) is 32.3 Å². The molecular weight excluding hydrogens is 218 g/mol. The molecule has 0 spiro atoms. The van der Waals surface area contributed by atoms with Crippen LogP contribution in [0, 0.1) is 11.3 Å². The number of aryl methyl sites for hydroxylation is 1. The molecule has 16 heavy (non-hydrogen) atoms. The number of hydrogen-bond donors (Lipinski definition) is 2. The number of thiophene rings is 1. The van der Waals surface area contributed by atoms with E-state index >= 15 is 0 Å². The van der Waals surface area contributed by atoms with Gasteiger partial charge in [0.15, 0.2) is 0 Å². The van der Waals surface area contributed by atoms with Crippen molar-refractivity contribution in [3.05, 3.63) is 21.4 Å². The van der Waals surface area contributed by atoms with Gasteiger partial charge in [0, 0.05) is 9.75 Å². The summed E-state index contributed by atoms with van der Waals surface area (Å²) in [7, 11) is 0. The van der Waals surface area contributed by atoms with Crippen LogP contribution in [0.2, 0.25) is 0 Å². The number of hydroxylamine groups is 1. The molecule has 0 saturated carbocycles. The van der Waals surface area contributed by atoms with E-state index in [4.69, 9.17) is 5.21 Å². The maximum atomic E-state index is 8.72. The maximum Gasteiger partial charge on any atom is 0.0552 e. The van der Waals surface area contributed by atoms with Crippen LogP contribution >= 0.6 is 11.3 Å². The second-order valence-corrected chi connectivity index (χ2v) is 7.02. The van der Waals surface area contributed by atoms with E-state index in [-0.39, 0.29) is 0 Å². The summed E-state index contributed by atoms with van der Waals surface area (Å²) in [5, 5.41) is 8.72. The van der Waals surface area contributed by atoms with Crippen LogP contribution in [0.4, 0.5) is 0 Å². The Labute approximate surface area is 102 Å². The van der Waals surface area contributed by atoms with E-state index in [9.17, 15) is 0 Å². The average Bonchev–Trinajstić information content (AvgIpc) is 2.57. The van der Waals surface area contributed by atoms with E-state index in [1.165, 1.54) is 34.6 Å². The van der Waals surface area contributed by atoms with E-state index < -0.39 is 0 Å². The number of hydrogen-bond acceptors (Lipinski definition) is 3. The standard InChI is InChI=1S/C13H21NOS/c1-13(2,3)10-4-5-12-9(6-10)7-11(16-12)8-14-15/h7,10,14-15H,4-6,8H2,1-3H3. The third-order valence-corrected chi connectivity index (χ3v) is 4.85. The second-order valence-electron chi connectivity index (χ2n) is 5.80. The van der Waals surface area contributed by atoms with E-state index in [2.05, 4.69) is 32.3 Å². The van der Waals surface area contributed by atoms with Gasteiger partial charge in [0.05, 0.1) is 6.54 Å². The molecule has 90 valence electrons. The summed E-state index contributed by atoms with van der Waals surface area (Å²) in [6, 6.07) is 2.26. The normalized spacial score (nSPS) is 20.9. The lowest BCUT2D eigenvalue weighted by Crippen LogP contribution is -2.26. The van der Waals surface area contributed by atoms with Gasteiger partial charge in [-0.25, -0.2) is 5.48 Å². The molecule has 0 aromatic carbocycles. The first kappa shape index (κ1) is 12.1. The van der Waals surface area contributed by atoms with Crippen LogP contribution in [0.15, 0.2) is 6.07 Å². The van der Waals surface area contributed by atoms with Gasteiger partial charge in [-0.05, 0) is 42.2 Å². The number of nitrogens with one attached hydrogen (secondary N) is 1. The fourth-order valence-corrected chi connectivity index (χ4v) is 3.64. The molecule has 2 nitrogen and oxygen atoms in total. The molecule has 1 aliphatic carbocycles. The van der Waals surface area contributed by atoms with Gasteiger partial charge in [0.25, 0.3) is 0 Å². The van der Waals surface area contributed by atoms with E-state index in [0.717, 1.165) is 5.92 Å². The lowest BCUT2D eigenvalue weighted by atomic mass is 9.72. The Morgan fingerprint density at radius 3 is 2.88 bits per heavy atom. The van der Waals surface area contributed by atoms with Gasteiger partial charge in [-0.1, -0.05) is 20.8 Å². The molecule has 1 heterocycles. The van der Waals surface area contributed by atoms with Crippen LogP contribution in [-0.2, 0) is 19.4 Å². The first-order valence-electron chi connectivity index (χ1n) is 5.98. The van der Waals surface area contributed by atoms with Crippen molar-refractivity contribution >= 4 is 11.3 Å². The Bertz CT molecular complexity index is 364. The van der Waals surface area contributed by atoms with Crippen LogP contribution in [0.1, 0.15) is 42.5 Å². The van der Waals surface area contributed by atoms with Crippen molar-refractivity contribution < 1.29 is 5.21 Å². The highest BCUT2D eigenvalue weighted by Gasteiger charge is 2.29. The highest BCUT2D eigenvalue weighted by atomic mass is 32.1. The molecule has 0 amide bonds. The lowest BCUT2D eigenvalue weighted by molar-refractivity contribution is 0.162. The van der Waals surface area contributed by atoms with Crippen molar-refractivity contribution in [2.45, 2.75) is 46.6 Å². The van der Waals surface area contributed by atoms with Gasteiger partial charge in [-0.3, -0.25) is 0 Å². The quantitative estimate of drug-likeness (QED) is 0.775. The summed E-state index contributed by atoms with van der Waals surface area (Å²) in [5.41, 5.74) is 4.17. The second kappa shape index (κ2) is 4.47. The zero-order valence-electron chi connectivity index (χ0n) is 10.3. The SMILES string of the molecule is CC(C)(C)C1CCc2sc(CNO)cc2C1. The molecule has 0 bridgehead atoms. The van der Waals surface area contributed by atoms with Crippen molar-refractivity contribution in [1.29, 1.82) is 0 Å². The molecule has 1 aromatic rings. The summed E-state index contributed by atoms with van der Waals surface area (Å²) in [6.45, 7) is 7.60. The van der Waals surface area contributed by atoms with Crippen LogP contribution in [0.5, 0.6) is 0 Å². The summed E-state index contributed by atoms with van der Waals surface area (Å²) in [5.74, 6) is 0.796. The Hall–Kier alpha value is -0.380. The molecule has 0 saturated heterocycles. The zero-order chi connectivity index (χ0) is 11.8. The molecule has 2 N–H and O–H groups in total. The third-order valence-electron chi connectivity index (χ3n) is 3.61. The summed E-state index contributed by atoms with van der Waals surface area (Å²) in [6.07, 6.45) is 3.73. The Kier molecular flexibility index (Phi) is 3.38. The minimum atomic E-state index is 0.412. The van der Waals surface area contributed by atoms with Gasteiger partial charge in [0.2, 0.25) is 0 Å². The van der Waals surface area contributed by atoms with Crippen molar-refractivity contribution in [1.82, 2.24) is 5.48 Å². The lowest BCUT2D eigenvalue weighted by Gasteiger charge is -2.33. The van der Waals surface area contributed by atoms with Crippen molar-refractivity contribution in [3.8, 4) is 0 Å².